The molecule has 1 aliphatic heterocycles. The molecular weight excluding hydrogens is 348 g/mol. The summed E-state index contributed by atoms with van der Waals surface area (Å²) in [5.74, 6) is 0.126. The van der Waals surface area contributed by atoms with E-state index in [4.69, 9.17) is 16.3 Å². The molecule has 5 nitrogen and oxygen atoms in total. The van der Waals surface area contributed by atoms with Crippen molar-refractivity contribution in [2.24, 2.45) is 0 Å². The lowest BCUT2D eigenvalue weighted by molar-refractivity contribution is -0.127. The van der Waals surface area contributed by atoms with Gasteiger partial charge in [-0.1, -0.05) is 30.7 Å². The summed E-state index contributed by atoms with van der Waals surface area (Å²) in [5.41, 5.74) is 0.659. The Labute approximate surface area is 149 Å². The molecule has 2 heterocycles. The van der Waals surface area contributed by atoms with Gasteiger partial charge in [0.1, 0.15) is 5.75 Å². The van der Waals surface area contributed by atoms with Gasteiger partial charge in [0.05, 0.1) is 21.4 Å². The van der Waals surface area contributed by atoms with E-state index < -0.39 is 6.10 Å². The fourth-order valence-electron chi connectivity index (χ4n) is 2.49. The van der Waals surface area contributed by atoms with E-state index in [9.17, 15) is 9.59 Å². The number of ether oxygens (including phenoxy) is 1. The number of fused-ring (bicyclic) bond motifs is 1. The minimum atomic E-state index is -0.731. The van der Waals surface area contributed by atoms with Gasteiger partial charge < -0.3 is 10.1 Å². The van der Waals surface area contributed by atoms with Crippen molar-refractivity contribution in [3.8, 4) is 5.75 Å². The Kier molecular flexibility index (Phi) is 5.06. The lowest BCUT2D eigenvalue weighted by Crippen LogP contribution is -2.50. The number of carbonyl (C=O) groups excluding carboxylic acids is 2. The average molecular weight is 365 g/mol. The lowest BCUT2D eigenvalue weighted by atomic mass is 10.1. The van der Waals surface area contributed by atoms with Crippen LogP contribution in [0.25, 0.3) is 0 Å². The highest BCUT2D eigenvalue weighted by atomic mass is 35.5. The molecule has 7 heteroatoms. The van der Waals surface area contributed by atoms with Gasteiger partial charge >= 0.3 is 0 Å². The Bertz CT molecular complexity index is 762. The molecule has 126 valence electrons. The summed E-state index contributed by atoms with van der Waals surface area (Å²) in [6, 6.07) is 10.6. The predicted molar refractivity (Wildman–Crippen MR) is 95.2 cm³/mol. The van der Waals surface area contributed by atoms with Gasteiger partial charge in [0.2, 0.25) is 0 Å². The Hall–Kier alpha value is -2.05. The summed E-state index contributed by atoms with van der Waals surface area (Å²) in [4.78, 5) is 27.2. The van der Waals surface area contributed by atoms with Gasteiger partial charge in [-0.25, -0.2) is 0 Å². The summed E-state index contributed by atoms with van der Waals surface area (Å²) in [6.45, 7) is 2.73. The maximum absolute atomic E-state index is 12.8. The fourth-order valence-corrected chi connectivity index (χ4v) is 3.48. The largest absolute Gasteiger partial charge is 0.477 e. The number of nitrogens with one attached hydrogen (secondary N) is 1. The van der Waals surface area contributed by atoms with E-state index in [2.05, 4.69) is 5.32 Å². The molecule has 0 unspecified atom stereocenters. The van der Waals surface area contributed by atoms with Crippen LogP contribution in [-0.4, -0.2) is 31.0 Å². The number of para-hydroxylation sites is 2. The van der Waals surface area contributed by atoms with Crippen molar-refractivity contribution in [3.05, 3.63) is 45.6 Å². The topological polar surface area (TPSA) is 58.6 Å². The highest BCUT2D eigenvalue weighted by Crippen LogP contribution is 2.35. The highest BCUT2D eigenvalue weighted by molar-refractivity contribution is 7.18. The Morgan fingerprint density at radius 3 is 2.83 bits per heavy atom. The number of anilines is 1. The van der Waals surface area contributed by atoms with E-state index in [0.29, 0.717) is 27.2 Å². The Morgan fingerprint density at radius 2 is 2.12 bits per heavy atom. The van der Waals surface area contributed by atoms with Crippen LogP contribution < -0.4 is 15.0 Å². The highest BCUT2D eigenvalue weighted by Gasteiger charge is 2.34. The van der Waals surface area contributed by atoms with Crippen molar-refractivity contribution < 1.29 is 14.3 Å². The molecule has 1 N–H and O–H groups in total. The van der Waals surface area contributed by atoms with Crippen molar-refractivity contribution >= 4 is 40.4 Å². The average Bonchev–Trinajstić information content (AvgIpc) is 3.04. The normalized spacial score (nSPS) is 16.2. The quantitative estimate of drug-likeness (QED) is 0.905. The molecule has 1 aromatic heterocycles. The standard InChI is InChI=1S/C17H17ClN2O3S/c1-2-9-19-16(21)13-10-20(11-5-3-4-6-12(11)23-13)17(22)14-7-8-15(18)24-14/h3-8,13H,2,9-10H2,1H3,(H,19,21)/t13-/m1/s1. The van der Waals surface area contributed by atoms with Gasteiger partial charge in [-0.05, 0) is 30.7 Å². The van der Waals surface area contributed by atoms with Gasteiger partial charge in [0.15, 0.2) is 6.10 Å². The zero-order chi connectivity index (χ0) is 17.1. The number of halogens is 1. The molecule has 0 fully saturated rings. The number of rotatable bonds is 4. The smallest absolute Gasteiger partial charge is 0.268 e. The number of hydrogen-bond donors (Lipinski definition) is 1. The summed E-state index contributed by atoms with van der Waals surface area (Å²) in [7, 11) is 0. The minimum Gasteiger partial charge on any atom is -0.477 e. The van der Waals surface area contributed by atoms with Crippen LogP contribution in [0.5, 0.6) is 5.75 Å². The van der Waals surface area contributed by atoms with Crippen LogP contribution in [0.15, 0.2) is 36.4 Å². The second-order valence-electron chi connectivity index (χ2n) is 5.38. The SMILES string of the molecule is CCCNC(=O)[C@H]1CN(C(=O)c2ccc(Cl)s2)c2ccccc2O1. The maximum atomic E-state index is 12.8. The molecule has 2 amide bonds. The molecule has 2 aromatic rings. The minimum absolute atomic E-state index is 0.168. The van der Waals surface area contributed by atoms with Gasteiger partial charge in [-0.3, -0.25) is 14.5 Å². The summed E-state index contributed by atoms with van der Waals surface area (Å²) < 4.78 is 6.34. The predicted octanol–water partition coefficient (Wildman–Crippen LogP) is 3.34. The zero-order valence-electron chi connectivity index (χ0n) is 13.1. The molecule has 0 radical (unpaired) electrons. The number of amides is 2. The number of benzene rings is 1. The molecule has 3 rings (SSSR count). The molecule has 0 saturated heterocycles. The number of nitrogens with zero attached hydrogens (tertiary/aromatic N) is 1. The third-order valence-electron chi connectivity index (χ3n) is 3.64. The van der Waals surface area contributed by atoms with E-state index in [1.54, 1.807) is 23.1 Å². The Morgan fingerprint density at radius 1 is 1.33 bits per heavy atom. The molecule has 0 bridgehead atoms. The molecule has 1 aromatic carbocycles. The summed E-state index contributed by atoms with van der Waals surface area (Å²) in [6.07, 6.45) is 0.108. The molecule has 1 atom stereocenters. The molecule has 0 saturated carbocycles. The second-order valence-corrected chi connectivity index (χ2v) is 7.10. The van der Waals surface area contributed by atoms with E-state index in [-0.39, 0.29) is 18.4 Å². The maximum Gasteiger partial charge on any atom is 0.268 e. The first-order valence-electron chi connectivity index (χ1n) is 7.70. The molecule has 24 heavy (non-hydrogen) atoms. The monoisotopic (exact) mass is 364 g/mol. The van der Waals surface area contributed by atoms with Gasteiger partial charge in [-0.2, -0.15) is 0 Å². The van der Waals surface area contributed by atoms with Crippen LogP contribution in [0.1, 0.15) is 23.0 Å². The first-order chi connectivity index (χ1) is 11.6. The van der Waals surface area contributed by atoms with Crippen molar-refractivity contribution in [1.82, 2.24) is 5.32 Å². The van der Waals surface area contributed by atoms with Crippen LogP contribution in [0.2, 0.25) is 4.34 Å². The first kappa shape index (κ1) is 16.8. The van der Waals surface area contributed by atoms with E-state index in [1.807, 2.05) is 25.1 Å². The van der Waals surface area contributed by atoms with Crippen molar-refractivity contribution in [2.45, 2.75) is 19.4 Å². The lowest BCUT2D eigenvalue weighted by Gasteiger charge is -2.34. The molecule has 0 spiro atoms. The van der Waals surface area contributed by atoms with Crippen LogP contribution in [0.3, 0.4) is 0 Å². The van der Waals surface area contributed by atoms with Crippen molar-refractivity contribution in [1.29, 1.82) is 0 Å². The van der Waals surface area contributed by atoms with Gasteiger partial charge in [-0.15, -0.1) is 11.3 Å². The Balaban J connectivity index is 1.89. The molecule has 0 aliphatic carbocycles. The molecule has 1 aliphatic rings. The van der Waals surface area contributed by atoms with Crippen LogP contribution >= 0.6 is 22.9 Å². The first-order valence-corrected chi connectivity index (χ1v) is 8.90. The van der Waals surface area contributed by atoms with Crippen LogP contribution in [-0.2, 0) is 4.79 Å². The number of thiophene rings is 1. The summed E-state index contributed by atoms with van der Waals surface area (Å²) >= 11 is 7.16. The number of hydrogen-bond acceptors (Lipinski definition) is 4. The third-order valence-corrected chi connectivity index (χ3v) is 4.86. The van der Waals surface area contributed by atoms with Crippen LogP contribution in [0, 0.1) is 0 Å². The second kappa shape index (κ2) is 7.23. The van der Waals surface area contributed by atoms with E-state index in [0.717, 1.165) is 6.42 Å². The van der Waals surface area contributed by atoms with Crippen molar-refractivity contribution in [2.75, 3.05) is 18.0 Å². The van der Waals surface area contributed by atoms with Crippen molar-refractivity contribution in [3.63, 3.8) is 0 Å². The summed E-state index contributed by atoms with van der Waals surface area (Å²) in [5, 5.41) is 2.82. The van der Waals surface area contributed by atoms with E-state index >= 15 is 0 Å². The van der Waals surface area contributed by atoms with Gasteiger partial charge in [0, 0.05) is 6.54 Å². The van der Waals surface area contributed by atoms with Gasteiger partial charge in [0.25, 0.3) is 11.8 Å². The van der Waals surface area contributed by atoms with E-state index in [1.165, 1.54) is 11.3 Å². The fraction of sp³-hybridized carbons (Fsp3) is 0.294. The zero-order valence-corrected chi connectivity index (χ0v) is 14.7. The molecular formula is C17H17ClN2O3S. The van der Waals surface area contributed by atoms with Crippen LogP contribution in [0.4, 0.5) is 5.69 Å². The number of carbonyl (C=O) groups is 2. The third kappa shape index (κ3) is 3.39.